The number of unbranched alkanes of at least 4 members (excludes halogenated alkanes) is 1. The van der Waals surface area contributed by atoms with Crippen LogP contribution in [0.3, 0.4) is 0 Å². The summed E-state index contributed by atoms with van der Waals surface area (Å²) in [5.41, 5.74) is 5.40. The van der Waals surface area contributed by atoms with Gasteiger partial charge in [-0.2, -0.15) is 0 Å². The second-order valence-corrected chi connectivity index (χ2v) is 9.25. The van der Waals surface area contributed by atoms with E-state index in [9.17, 15) is 19.1 Å². The summed E-state index contributed by atoms with van der Waals surface area (Å²) in [4.78, 5) is 33.6. The van der Waals surface area contributed by atoms with Gasteiger partial charge in [0, 0.05) is 24.0 Å². The van der Waals surface area contributed by atoms with Gasteiger partial charge in [0.1, 0.15) is 5.82 Å². The third-order valence-electron chi connectivity index (χ3n) is 6.66. The fraction of sp³-hybridized carbons (Fsp3) is 0.241. The van der Waals surface area contributed by atoms with E-state index in [1.165, 1.54) is 12.1 Å². The summed E-state index contributed by atoms with van der Waals surface area (Å²) in [5, 5.41) is 22.4. The number of aromatic nitrogens is 2. The number of nitrogens with zero attached hydrogens (tertiary/aromatic N) is 2. The van der Waals surface area contributed by atoms with E-state index in [0.717, 1.165) is 11.1 Å². The molecule has 1 amide bonds. The van der Waals surface area contributed by atoms with Crippen molar-refractivity contribution in [3.8, 4) is 11.3 Å². The van der Waals surface area contributed by atoms with Crippen molar-refractivity contribution in [3.05, 3.63) is 94.9 Å². The monoisotopic (exact) mass is 499 g/mol. The number of aryl methyl sites for hydroxylation is 1. The molecule has 1 heterocycles. The maximum absolute atomic E-state index is 13.5. The highest BCUT2D eigenvalue weighted by Gasteiger charge is 2.32. The van der Waals surface area contributed by atoms with Gasteiger partial charge in [0.2, 0.25) is 0 Å². The van der Waals surface area contributed by atoms with E-state index < -0.39 is 18.1 Å². The standard InChI is InChI=1S/C29H26FN3O4/c30-20-12-9-17(10-13-20)27-23(7-3-4-8-26(35)36)31-24-15-19(11-14-22(24)32-27)29(37)33-28-21-6-2-1-5-18(21)16-25(28)34/h1-2,5-6,9-15,25,28,34H,3-4,7-8,16H2,(H,33,37)(H,35,36)/t25-,28+/m1/s1. The molecular weight excluding hydrogens is 473 g/mol. The molecule has 1 aliphatic rings. The SMILES string of the molecule is O=C(O)CCCCc1nc2cc(C(=O)N[C@H]3c4ccccc4C[C@H]3O)ccc2nc1-c1ccc(F)cc1. The summed E-state index contributed by atoms with van der Waals surface area (Å²) in [6.45, 7) is 0. The highest BCUT2D eigenvalue weighted by Crippen LogP contribution is 2.32. The van der Waals surface area contributed by atoms with E-state index in [1.807, 2.05) is 24.3 Å². The number of halogens is 1. The Morgan fingerprint density at radius 2 is 1.76 bits per heavy atom. The fourth-order valence-electron chi connectivity index (χ4n) is 4.79. The van der Waals surface area contributed by atoms with Crippen molar-refractivity contribution in [2.75, 3.05) is 0 Å². The normalized spacial score (nSPS) is 16.5. The van der Waals surface area contributed by atoms with Gasteiger partial charge in [0.15, 0.2) is 0 Å². The lowest BCUT2D eigenvalue weighted by atomic mass is 10.0. The molecule has 3 aromatic carbocycles. The Morgan fingerprint density at radius 3 is 2.54 bits per heavy atom. The maximum atomic E-state index is 13.5. The van der Waals surface area contributed by atoms with Crippen LogP contribution in [0.5, 0.6) is 0 Å². The average Bonchev–Trinajstić information content (AvgIpc) is 3.21. The van der Waals surface area contributed by atoms with Gasteiger partial charge in [0.05, 0.1) is 34.6 Å². The smallest absolute Gasteiger partial charge is 0.303 e. The first-order valence-corrected chi connectivity index (χ1v) is 12.2. The molecule has 0 fully saturated rings. The summed E-state index contributed by atoms with van der Waals surface area (Å²) < 4.78 is 13.5. The zero-order valence-electron chi connectivity index (χ0n) is 20.0. The Balaban J connectivity index is 1.44. The quantitative estimate of drug-likeness (QED) is 0.305. The summed E-state index contributed by atoms with van der Waals surface area (Å²) in [6.07, 6.45) is 1.43. The number of nitrogens with one attached hydrogen (secondary N) is 1. The molecule has 188 valence electrons. The molecule has 0 saturated heterocycles. The number of aliphatic hydroxyl groups excluding tert-OH is 1. The molecule has 3 N–H and O–H groups in total. The van der Waals surface area contributed by atoms with Crippen molar-refractivity contribution in [2.45, 2.75) is 44.2 Å². The van der Waals surface area contributed by atoms with Crippen LogP contribution in [0.4, 0.5) is 4.39 Å². The number of hydrogen-bond donors (Lipinski definition) is 3. The number of hydrogen-bond acceptors (Lipinski definition) is 5. The molecule has 7 nitrogen and oxygen atoms in total. The topological polar surface area (TPSA) is 112 Å². The molecule has 0 spiro atoms. The molecule has 0 aliphatic heterocycles. The Hall–Kier alpha value is -4.17. The largest absolute Gasteiger partial charge is 0.481 e. The van der Waals surface area contributed by atoms with Gasteiger partial charge >= 0.3 is 5.97 Å². The van der Waals surface area contributed by atoms with Crippen molar-refractivity contribution >= 4 is 22.9 Å². The molecule has 0 bridgehead atoms. The number of aliphatic hydroxyl groups is 1. The minimum Gasteiger partial charge on any atom is -0.481 e. The van der Waals surface area contributed by atoms with Crippen LogP contribution in [-0.4, -0.2) is 38.2 Å². The van der Waals surface area contributed by atoms with E-state index in [4.69, 9.17) is 15.1 Å². The number of carbonyl (C=O) groups excluding carboxylic acids is 1. The molecule has 0 saturated carbocycles. The third-order valence-corrected chi connectivity index (χ3v) is 6.66. The number of amides is 1. The van der Waals surface area contributed by atoms with Crippen LogP contribution in [0.25, 0.3) is 22.3 Å². The highest BCUT2D eigenvalue weighted by molar-refractivity contribution is 5.97. The summed E-state index contributed by atoms with van der Waals surface area (Å²) in [7, 11) is 0. The van der Waals surface area contributed by atoms with E-state index in [1.54, 1.807) is 30.3 Å². The molecule has 8 heteroatoms. The Bertz CT molecular complexity index is 1470. The number of aliphatic carboxylic acids is 1. The van der Waals surface area contributed by atoms with Crippen LogP contribution >= 0.6 is 0 Å². The predicted molar refractivity (Wildman–Crippen MR) is 136 cm³/mol. The Kier molecular flexibility index (Phi) is 6.92. The van der Waals surface area contributed by atoms with Gasteiger partial charge < -0.3 is 15.5 Å². The van der Waals surface area contributed by atoms with Gasteiger partial charge in [-0.1, -0.05) is 24.3 Å². The zero-order chi connectivity index (χ0) is 25.9. The molecule has 0 unspecified atom stereocenters. The molecule has 0 radical (unpaired) electrons. The molecular formula is C29H26FN3O4. The molecule has 5 rings (SSSR count). The number of fused-ring (bicyclic) bond motifs is 2. The molecule has 1 aromatic heterocycles. The van der Waals surface area contributed by atoms with Crippen LogP contribution in [-0.2, 0) is 17.6 Å². The van der Waals surface area contributed by atoms with E-state index in [2.05, 4.69) is 5.32 Å². The predicted octanol–water partition coefficient (Wildman–Crippen LogP) is 4.62. The highest BCUT2D eigenvalue weighted by atomic mass is 19.1. The minimum absolute atomic E-state index is 0.0629. The van der Waals surface area contributed by atoms with Crippen molar-refractivity contribution in [1.29, 1.82) is 0 Å². The van der Waals surface area contributed by atoms with Gasteiger partial charge in [-0.05, 0) is 72.9 Å². The summed E-state index contributed by atoms with van der Waals surface area (Å²) in [5.74, 6) is -1.53. The molecule has 37 heavy (non-hydrogen) atoms. The van der Waals surface area contributed by atoms with Crippen LogP contribution < -0.4 is 5.32 Å². The first-order chi connectivity index (χ1) is 17.9. The lowest BCUT2D eigenvalue weighted by molar-refractivity contribution is -0.137. The average molecular weight is 500 g/mol. The van der Waals surface area contributed by atoms with Crippen LogP contribution in [0.1, 0.15) is 52.5 Å². The van der Waals surface area contributed by atoms with Crippen molar-refractivity contribution in [2.24, 2.45) is 0 Å². The van der Waals surface area contributed by atoms with Crippen molar-refractivity contribution in [3.63, 3.8) is 0 Å². The number of carbonyl (C=O) groups is 2. The van der Waals surface area contributed by atoms with Crippen LogP contribution in [0, 0.1) is 5.82 Å². The van der Waals surface area contributed by atoms with Gasteiger partial charge in [-0.3, -0.25) is 9.59 Å². The number of rotatable bonds is 8. The van der Waals surface area contributed by atoms with Crippen LogP contribution in [0.15, 0.2) is 66.7 Å². The second-order valence-electron chi connectivity index (χ2n) is 9.25. The molecule has 4 aromatic rings. The first-order valence-electron chi connectivity index (χ1n) is 12.2. The van der Waals surface area contributed by atoms with E-state index in [0.29, 0.717) is 59.2 Å². The van der Waals surface area contributed by atoms with E-state index in [-0.39, 0.29) is 18.1 Å². The second kappa shape index (κ2) is 10.4. The molecule has 1 aliphatic carbocycles. The van der Waals surface area contributed by atoms with E-state index >= 15 is 0 Å². The van der Waals surface area contributed by atoms with Gasteiger partial charge in [-0.25, -0.2) is 14.4 Å². The minimum atomic E-state index is -0.853. The Labute approximate surface area is 213 Å². The lowest BCUT2D eigenvalue weighted by Crippen LogP contribution is -2.33. The number of benzene rings is 3. The van der Waals surface area contributed by atoms with Gasteiger partial charge in [0.25, 0.3) is 5.91 Å². The summed E-state index contributed by atoms with van der Waals surface area (Å²) >= 11 is 0. The lowest BCUT2D eigenvalue weighted by Gasteiger charge is -2.18. The molecule has 2 atom stereocenters. The van der Waals surface area contributed by atoms with Crippen LogP contribution in [0.2, 0.25) is 0 Å². The maximum Gasteiger partial charge on any atom is 0.303 e. The van der Waals surface area contributed by atoms with Crippen molar-refractivity contribution in [1.82, 2.24) is 15.3 Å². The third kappa shape index (κ3) is 5.34. The number of carboxylic acid groups (broad SMARTS) is 1. The zero-order valence-corrected chi connectivity index (χ0v) is 20.0. The summed E-state index contributed by atoms with van der Waals surface area (Å²) in [6, 6.07) is 18.2. The first kappa shape index (κ1) is 24.5. The Morgan fingerprint density at radius 1 is 0.973 bits per heavy atom. The fourth-order valence-corrected chi connectivity index (χ4v) is 4.79. The number of carboxylic acids is 1. The van der Waals surface area contributed by atoms with Crippen molar-refractivity contribution < 1.29 is 24.2 Å². The van der Waals surface area contributed by atoms with Gasteiger partial charge in [-0.15, -0.1) is 0 Å².